The molecule has 1 aromatic carbocycles. The van der Waals surface area contributed by atoms with Crippen molar-refractivity contribution in [3.63, 3.8) is 0 Å². The van der Waals surface area contributed by atoms with E-state index < -0.39 is 5.82 Å². The predicted octanol–water partition coefficient (Wildman–Crippen LogP) is 3.00. The minimum Gasteiger partial charge on any atom is -0.289 e. The van der Waals surface area contributed by atoms with Crippen molar-refractivity contribution in [1.82, 2.24) is 9.97 Å². The van der Waals surface area contributed by atoms with Crippen molar-refractivity contribution >= 4 is 16.7 Å². The third-order valence-corrected chi connectivity index (χ3v) is 2.83. The van der Waals surface area contributed by atoms with Crippen LogP contribution in [0.15, 0.2) is 55.0 Å². The van der Waals surface area contributed by atoms with Gasteiger partial charge < -0.3 is 0 Å². The maximum Gasteiger partial charge on any atom is 0.194 e. The van der Waals surface area contributed by atoms with Crippen LogP contribution in [0.25, 0.3) is 10.9 Å². The van der Waals surface area contributed by atoms with Gasteiger partial charge in [-0.2, -0.15) is 0 Å². The summed E-state index contributed by atoms with van der Waals surface area (Å²) in [4.78, 5) is 20.1. The lowest BCUT2D eigenvalue weighted by Crippen LogP contribution is -2.02. The number of carbonyl (C=O) groups excluding carboxylic acids is 1. The van der Waals surface area contributed by atoms with E-state index in [-0.39, 0.29) is 11.3 Å². The fourth-order valence-electron chi connectivity index (χ4n) is 1.92. The number of fused-ring (bicyclic) bond motifs is 1. The normalized spacial score (nSPS) is 10.6. The summed E-state index contributed by atoms with van der Waals surface area (Å²) in [6, 6.07) is 10.1. The number of benzene rings is 1. The van der Waals surface area contributed by atoms with Crippen molar-refractivity contribution in [2.24, 2.45) is 0 Å². The van der Waals surface area contributed by atoms with Gasteiger partial charge in [0.1, 0.15) is 5.82 Å². The number of hydrogen-bond donors (Lipinski definition) is 0. The molecule has 3 nitrogen and oxygen atoms in total. The largest absolute Gasteiger partial charge is 0.289 e. The van der Waals surface area contributed by atoms with Gasteiger partial charge >= 0.3 is 0 Å². The molecule has 2 heterocycles. The van der Waals surface area contributed by atoms with Crippen LogP contribution >= 0.6 is 0 Å². The van der Waals surface area contributed by atoms with Crippen molar-refractivity contribution in [2.75, 3.05) is 0 Å². The maximum atomic E-state index is 13.1. The molecule has 0 aliphatic carbocycles. The van der Waals surface area contributed by atoms with E-state index in [0.29, 0.717) is 5.56 Å². The smallest absolute Gasteiger partial charge is 0.194 e. The molecule has 0 atom stereocenters. The molecule has 0 fully saturated rings. The van der Waals surface area contributed by atoms with Gasteiger partial charge in [0, 0.05) is 28.9 Å². The molecule has 0 radical (unpaired) electrons. The van der Waals surface area contributed by atoms with Gasteiger partial charge in [-0.1, -0.05) is 6.07 Å². The Labute approximate surface area is 108 Å². The highest BCUT2D eigenvalue weighted by Crippen LogP contribution is 2.16. The van der Waals surface area contributed by atoms with Gasteiger partial charge in [-0.25, -0.2) is 4.39 Å². The molecule has 0 aliphatic heterocycles. The van der Waals surface area contributed by atoms with Gasteiger partial charge in [0.25, 0.3) is 0 Å². The Kier molecular flexibility index (Phi) is 2.76. The van der Waals surface area contributed by atoms with Crippen LogP contribution in [0.3, 0.4) is 0 Å². The van der Waals surface area contributed by atoms with E-state index in [1.165, 1.54) is 12.3 Å². The van der Waals surface area contributed by atoms with Gasteiger partial charge in [0.15, 0.2) is 5.78 Å². The van der Waals surface area contributed by atoms with E-state index in [4.69, 9.17) is 0 Å². The molecular weight excluding hydrogens is 243 g/mol. The van der Waals surface area contributed by atoms with Crippen molar-refractivity contribution in [3.05, 3.63) is 71.9 Å². The van der Waals surface area contributed by atoms with Gasteiger partial charge in [-0.15, -0.1) is 0 Å². The van der Waals surface area contributed by atoms with Gasteiger partial charge in [0.05, 0.1) is 11.7 Å². The molecule has 0 aliphatic rings. The fourth-order valence-corrected chi connectivity index (χ4v) is 1.92. The summed E-state index contributed by atoms with van der Waals surface area (Å²) < 4.78 is 13.1. The molecule has 0 spiro atoms. The summed E-state index contributed by atoms with van der Waals surface area (Å²) in [6.07, 6.45) is 4.13. The van der Waals surface area contributed by atoms with E-state index in [0.717, 1.165) is 17.1 Å². The lowest BCUT2D eigenvalue weighted by Gasteiger charge is -2.03. The molecule has 0 N–H and O–H groups in total. The molecule has 19 heavy (non-hydrogen) atoms. The third kappa shape index (κ3) is 2.20. The van der Waals surface area contributed by atoms with E-state index in [9.17, 15) is 9.18 Å². The van der Waals surface area contributed by atoms with E-state index in [1.807, 2.05) is 6.07 Å². The Bertz CT molecular complexity index is 771. The Balaban J connectivity index is 2.06. The van der Waals surface area contributed by atoms with Gasteiger partial charge in [-0.3, -0.25) is 14.8 Å². The van der Waals surface area contributed by atoms with E-state index in [1.54, 1.807) is 30.5 Å². The highest BCUT2D eigenvalue weighted by atomic mass is 19.1. The molecule has 0 unspecified atom stereocenters. The van der Waals surface area contributed by atoms with Crippen LogP contribution in [0.5, 0.6) is 0 Å². The number of pyridine rings is 2. The van der Waals surface area contributed by atoms with Gasteiger partial charge in [-0.05, 0) is 30.3 Å². The van der Waals surface area contributed by atoms with E-state index in [2.05, 4.69) is 9.97 Å². The Hall–Kier alpha value is -2.62. The molecule has 3 rings (SSSR count). The van der Waals surface area contributed by atoms with Crippen molar-refractivity contribution in [1.29, 1.82) is 0 Å². The molecule has 0 saturated carbocycles. The Morgan fingerprint density at radius 3 is 2.79 bits per heavy atom. The zero-order chi connectivity index (χ0) is 13.2. The number of nitrogens with zero attached hydrogens (tertiary/aromatic N) is 2. The molecule has 0 bridgehead atoms. The third-order valence-electron chi connectivity index (χ3n) is 2.83. The van der Waals surface area contributed by atoms with Crippen LogP contribution in [0, 0.1) is 5.82 Å². The van der Waals surface area contributed by atoms with Crippen molar-refractivity contribution in [2.45, 2.75) is 0 Å². The summed E-state index contributed by atoms with van der Waals surface area (Å²) in [6.45, 7) is 0. The highest BCUT2D eigenvalue weighted by molar-refractivity contribution is 6.10. The van der Waals surface area contributed by atoms with Crippen LogP contribution in [0.1, 0.15) is 15.9 Å². The molecule has 3 aromatic rings. The summed E-state index contributed by atoms with van der Waals surface area (Å²) in [5, 5.41) is 0.873. The maximum absolute atomic E-state index is 13.1. The topological polar surface area (TPSA) is 42.9 Å². The molecule has 4 heteroatoms. The first kappa shape index (κ1) is 11.5. The first-order valence-corrected chi connectivity index (χ1v) is 5.74. The predicted molar refractivity (Wildman–Crippen MR) is 69.4 cm³/mol. The van der Waals surface area contributed by atoms with Crippen LogP contribution in [0.4, 0.5) is 4.39 Å². The summed E-state index contributed by atoms with van der Waals surface area (Å²) >= 11 is 0. The molecule has 2 aromatic heterocycles. The van der Waals surface area contributed by atoms with E-state index >= 15 is 0 Å². The number of rotatable bonds is 2. The zero-order valence-corrected chi connectivity index (χ0v) is 9.88. The molecule has 0 amide bonds. The summed E-state index contributed by atoms with van der Waals surface area (Å²) in [5.74, 6) is -0.772. The van der Waals surface area contributed by atoms with Crippen LogP contribution < -0.4 is 0 Å². The van der Waals surface area contributed by atoms with Crippen LogP contribution in [0.2, 0.25) is 0 Å². The summed E-state index contributed by atoms with van der Waals surface area (Å²) in [7, 11) is 0. The second kappa shape index (κ2) is 4.57. The summed E-state index contributed by atoms with van der Waals surface area (Å²) in [5.41, 5.74) is 1.55. The minimum absolute atomic E-state index is 0.239. The van der Waals surface area contributed by atoms with Crippen LogP contribution in [-0.2, 0) is 0 Å². The number of halogens is 1. The average molecular weight is 252 g/mol. The molecule has 0 saturated heterocycles. The lowest BCUT2D eigenvalue weighted by molar-refractivity contribution is 0.103. The SMILES string of the molecule is O=C(c1cncc(F)c1)c1ccc2ncccc2c1. The number of ketones is 1. The second-order valence-corrected chi connectivity index (χ2v) is 4.13. The minimum atomic E-state index is -0.520. The van der Waals surface area contributed by atoms with Crippen molar-refractivity contribution in [3.8, 4) is 0 Å². The highest BCUT2D eigenvalue weighted by Gasteiger charge is 2.11. The average Bonchev–Trinajstić information content (AvgIpc) is 2.46. The first-order chi connectivity index (χ1) is 9.24. The molecular formula is C15H9FN2O. The van der Waals surface area contributed by atoms with Crippen LogP contribution in [-0.4, -0.2) is 15.8 Å². The number of hydrogen-bond acceptors (Lipinski definition) is 3. The standard InChI is InChI=1S/C15H9FN2O/c16-13-7-12(8-17-9-13)15(19)11-3-4-14-10(6-11)2-1-5-18-14/h1-9H. The number of carbonyl (C=O) groups is 1. The molecule has 92 valence electrons. The quantitative estimate of drug-likeness (QED) is 0.658. The number of aromatic nitrogens is 2. The first-order valence-electron chi connectivity index (χ1n) is 5.74. The monoisotopic (exact) mass is 252 g/mol. The lowest BCUT2D eigenvalue weighted by atomic mass is 10.0. The Morgan fingerprint density at radius 1 is 1.05 bits per heavy atom. The Morgan fingerprint density at radius 2 is 1.95 bits per heavy atom. The fraction of sp³-hybridized carbons (Fsp3) is 0. The zero-order valence-electron chi connectivity index (χ0n) is 9.88. The van der Waals surface area contributed by atoms with Crippen molar-refractivity contribution < 1.29 is 9.18 Å². The second-order valence-electron chi connectivity index (χ2n) is 4.13. The van der Waals surface area contributed by atoms with Gasteiger partial charge in [0.2, 0.25) is 0 Å².